The quantitative estimate of drug-likeness (QED) is 0.690. The Labute approximate surface area is 74.5 Å². The van der Waals surface area contributed by atoms with Crippen LogP contribution in [-0.2, 0) is 22.3 Å². The van der Waals surface area contributed by atoms with E-state index >= 15 is 0 Å². The van der Waals surface area contributed by atoms with Crippen molar-refractivity contribution < 1.29 is 8.42 Å². The summed E-state index contributed by atoms with van der Waals surface area (Å²) in [6.07, 6.45) is 0. The highest BCUT2D eigenvalue weighted by molar-refractivity contribution is 7.88. The predicted octanol–water partition coefficient (Wildman–Crippen LogP) is -0.610. The Morgan fingerprint density at radius 3 is 2.67 bits per heavy atom. The fourth-order valence-electron chi connectivity index (χ4n) is 0.681. The molecule has 0 atom stereocenters. The first kappa shape index (κ1) is 9.59. The van der Waals surface area contributed by atoms with Crippen molar-refractivity contribution in [2.24, 2.45) is 10.9 Å². The highest BCUT2D eigenvalue weighted by atomic mass is 32.2. The molecule has 0 unspecified atom stereocenters. The van der Waals surface area contributed by atoms with Crippen LogP contribution in [0.2, 0.25) is 0 Å². The van der Waals surface area contributed by atoms with Crippen molar-refractivity contribution in [3.05, 3.63) is 16.1 Å². The minimum atomic E-state index is -3.46. The van der Waals surface area contributed by atoms with Crippen LogP contribution in [-0.4, -0.2) is 13.4 Å². The highest BCUT2D eigenvalue weighted by Crippen LogP contribution is 2.10. The van der Waals surface area contributed by atoms with E-state index in [9.17, 15) is 8.42 Å². The molecule has 0 aliphatic heterocycles. The third kappa shape index (κ3) is 2.86. The van der Waals surface area contributed by atoms with Crippen molar-refractivity contribution in [1.29, 1.82) is 0 Å². The van der Waals surface area contributed by atoms with Gasteiger partial charge in [0.1, 0.15) is 10.8 Å². The molecule has 0 amide bonds. The van der Waals surface area contributed by atoms with E-state index in [1.165, 1.54) is 11.3 Å². The third-order valence-corrected chi connectivity index (χ3v) is 2.89. The topological polar surface area (TPSA) is 99.1 Å². The molecule has 4 N–H and O–H groups in total. The van der Waals surface area contributed by atoms with Gasteiger partial charge in [0, 0.05) is 11.9 Å². The number of aromatic nitrogens is 1. The fourth-order valence-corrected chi connectivity index (χ4v) is 2.45. The zero-order valence-corrected chi connectivity index (χ0v) is 7.86. The predicted molar refractivity (Wildman–Crippen MR) is 46.8 cm³/mol. The maximum Gasteiger partial charge on any atom is 0.215 e. The molecule has 5 nitrogen and oxygen atoms in total. The van der Waals surface area contributed by atoms with Gasteiger partial charge in [0.25, 0.3) is 0 Å². The molecule has 0 bridgehead atoms. The summed E-state index contributed by atoms with van der Waals surface area (Å²) in [5.74, 6) is -0.211. The Hall–Kier alpha value is -0.500. The van der Waals surface area contributed by atoms with Gasteiger partial charge >= 0.3 is 0 Å². The Balaban J connectivity index is 2.78. The Morgan fingerprint density at radius 1 is 1.58 bits per heavy atom. The number of nitrogens with two attached hydrogens (primary N) is 2. The van der Waals surface area contributed by atoms with Gasteiger partial charge in [-0.2, -0.15) is 0 Å². The molecule has 0 fully saturated rings. The van der Waals surface area contributed by atoms with E-state index in [4.69, 9.17) is 10.9 Å². The van der Waals surface area contributed by atoms with Crippen LogP contribution in [0.25, 0.3) is 0 Å². The second-order valence-corrected chi connectivity index (χ2v) is 4.80. The van der Waals surface area contributed by atoms with Gasteiger partial charge in [0.15, 0.2) is 0 Å². The van der Waals surface area contributed by atoms with Crippen molar-refractivity contribution in [2.45, 2.75) is 12.3 Å². The number of nitrogens with zero attached hydrogens (tertiary/aromatic N) is 1. The van der Waals surface area contributed by atoms with Crippen molar-refractivity contribution in [1.82, 2.24) is 4.98 Å². The zero-order valence-electron chi connectivity index (χ0n) is 6.23. The lowest BCUT2D eigenvalue weighted by Gasteiger charge is -1.91. The van der Waals surface area contributed by atoms with Crippen LogP contribution in [0.4, 0.5) is 0 Å². The number of hydrogen-bond donors (Lipinski definition) is 2. The van der Waals surface area contributed by atoms with Crippen LogP contribution >= 0.6 is 11.3 Å². The van der Waals surface area contributed by atoms with E-state index in [2.05, 4.69) is 4.98 Å². The summed E-state index contributed by atoms with van der Waals surface area (Å²) in [5.41, 5.74) is 5.98. The van der Waals surface area contributed by atoms with E-state index in [-0.39, 0.29) is 5.75 Å². The highest BCUT2D eigenvalue weighted by Gasteiger charge is 2.08. The summed E-state index contributed by atoms with van der Waals surface area (Å²) in [5, 5.41) is 7.03. The van der Waals surface area contributed by atoms with Gasteiger partial charge in [-0.25, -0.2) is 18.5 Å². The van der Waals surface area contributed by atoms with Crippen molar-refractivity contribution in [3.63, 3.8) is 0 Å². The molecule has 0 aromatic carbocycles. The van der Waals surface area contributed by atoms with Gasteiger partial charge in [0.2, 0.25) is 10.0 Å². The van der Waals surface area contributed by atoms with Crippen LogP contribution in [0, 0.1) is 0 Å². The largest absolute Gasteiger partial charge is 0.325 e. The number of sulfonamides is 1. The summed E-state index contributed by atoms with van der Waals surface area (Å²) in [7, 11) is -3.46. The van der Waals surface area contributed by atoms with E-state index < -0.39 is 10.0 Å². The molecule has 0 saturated carbocycles. The van der Waals surface area contributed by atoms with Crippen LogP contribution in [0.5, 0.6) is 0 Å². The Bertz CT molecular complexity index is 357. The molecule has 0 aliphatic carbocycles. The molecule has 0 spiro atoms. The number of rotatable bonds is 3. The SMILES string of the molecule is NCc1csc(CS(N)(=O)=O)n1. The molecule has 7 heteroatoms. The monoisotopic (exact) mass is 207 g/mol. The molecular formula is C5H9N3O2S2. The maximum atomic E-state index is 10.6. The molecule has 1 heterocycles. The first-order chi connectivity index (χ1) is 5.51. The molecule has 0 aliphatic rings. The Morgan fingerprint density at radius 2 is 2.25 bits per heavy atom. The van der Waals surface area contributed by atoms with Gasteiger partial charge in [-0.15, -0.1) is 11.3 Å². The number of primary sulfonamides is 1. The average Bonchev–Trinajstić information content (AvgIpc) is 2.32. The summed E-state index contributed by atoms with van der Waals surface area (Å²) < 4.78 is 21.2. The Kier molecular flexibility index (Phi) is 2.78. The van der Waals surface area contributed by atoms with Crippen LogP contribution in [0.15, 0.2) is 5.38 Å². The molecule has 12 heavy (non-hydrogen) atoms. The van der Waals surface area contributed by atoms with E-state index in [0.717, 1.165) is 0 Å². The minimum Gasteiger partial charge on any atom is -0.325 e. The standard InChI is InChI=1S/C5H9N3O2S2/c6-1-4-2-11-5(8-4)3-12(7,9)10/h2H,1,3,6H2,(H2,7,9,10). The molecule has 68 valence electrons. The maximum absolute atomic E-state index is 10.6. The second kappa shape index (κ2) is 3.48. The molecular weight excluding hydrogens is 198 g/mol. The average molecular weight is 207 g/mol. The summed E-state index contributed by atoms with van der Waals surface area (Å²) in [6.45, 7) is 0.321. The smallest absolute Gasteiger partial charge is 0.215 e. The number of hydrogen-bond acceptors (Lipinski definition) is 5. The van der Waals surface area contributed by atoms with Crippen LogP contribution < -0.4 is 10.9 Å². The van der Waals surface area contributed by atoms with Gasteiger partial charge < -0.3 is 5.73 Å². The summed E-state index contributed by atoms with van der Waals surface area (Å²) in [4.78, 5) is 3.95. The third-order valence-electron chi connectivity index (χ3n) is 1.13. The lowest BCUT2D eigenvalue weighted by atomic mass is 10.5. The number of thiazole rings is 1. The minimum absolute atomic E-state index is 0.211. The van der Waals surface area contributed by atoms with E-state index in [1.54, 1.807) is 5.38 Å². The first-order valence-corrected chi connectivity index (χ1v) is 5.74. The lowest BCUT2D eigenvalue weighted by Crippen LogP contribution is -2.14. The summed E-state index contributed by atoms with van der Waals surface area (Å²) in [6, 6.07) is 0. The fraction of sp³-hybridized carbons (Fsp3) is 0.400. The second-order valence-electron chi connectivity index (χ2n) is 2.24. The van der Waals surface area contributed by atoms with Crippen LogP contribution in [0.3, 0.4) is 0 Å². The molecule has 1 rings (SSSR count). The van der Waals surface area contributed by atoms with Gasteiger partial charge in [-0.1, -0.05) is 0 Å². The van der Waals surface area contributed by atoms with Crippen LogP contribution in [0.1, 0.15) is 10.7 Å². The molecule has 0 saturated heterocycles. The van der Waals surface area contributed by atoms with Crippen molar-refractivity contribution in [2.75, 3.05) is 0 Å². The van der Waals surface area contributed by atoms with Gasteiger partial charge in [-0.05, 0) is 0 Å². The van der Waals surface area contributed by atoms with E-state index in [0.29, 0.717) is 17.2 Å². The zero-order chi connectivity index (χ0) is 9.19. The van der Waals surface area contributed by atoms with Crippen molar-refractivity contribution in [3.8, 4) is 0 Å². The first-order valence-electron chi connectivity index (χ1n) is 3.15. The molecule has 1 aromatic rings. The van der Waals surface area contributed by atoms with E-state index in [1.807, 2.05) is 0 Å². The molecule has 0 radical (unpaired) electrons. The van der Waals surface area contributed by atoms with Gasteiger partial charge in [0.05, 0.1) is 5.69 Å². The normalized spacial score (nSPS) is 11.8. The molecule has 1 aromatic heterocycles. The lowest BCUT2D eigenvalue weighted by molar-refractivity contribution is 0.597. The van der Waals surface area contributed by atoms with Gasteiger partial charge in [-0.3, -0.25) is 0 Å². The van der Waals surface area contributed by atoms with Crippen molar-refractivity contribution >= 4 is 21.4 Å². The summed E-state index contributed by atoms with van der Waals surface area (Å²) >= 11 is 1.25.